The Morgan fingerprint density at radius 1 is 1.24 bits per heavy atom. The third kappa shape index (κ3) is 3.24. The molecule has 7 heteroatoms. The fraction of sp³-hybridized carbons (Fsp3) is 0.429. The highest BCUT2D eigenvalue weighted by atomic mass is 32.2. The van der Waals surface area contributed by atoms with Gasteiger partial charge >= 0.3 is 0 Å². The van der Waals surface area contributed by atoms with Crippen LogP contribution in [0.1, 0.15) is 30.3 Å². The lowest BCUT2D eigenvalue weighted by molar-refractivity contribution is 0.263. The summed E-state index contributed by atoms with van der Waals surface area (Å²) in [5.41, 5.74) is 0.751. The molecule has 1 saturated carbocycles. The lowest BCUT2D eigenvalue weighted by atomic mass is 10.2. The van der Waals surface area contributed by atoms with Crippen LogP contribution >= 0.6 is 11.8 Å². The minimum atomic E-state index is -0.826. The maximum absolute atomic E-state index is 13.1. The number of aromatic nitrogens is 3. The van der Waals surface area contributed by atoms with Crippen LogP contribution in [-0.4, -0.2) is 25.6 Å². The van der Waals surface area contributed by atoms with Crippen molar-refractivity contribution in [1.29, 1.82) is 0 Å². The van der Waals surface area contributed by atoms with E-state index in [1.54, 1.807) is 6.07 Å². The van der Waals surface area contributed by atoms with Crippen LogP contribution in [0.25, 0.3) is 0 Å². The van der Waals surface area contributed by atoms with Gasteiger partial charge in [-0.15, -0.1) is 10.2 Å². The SMILES string of the molecule is OCc1nnc(SCCc2ccc(F)c(F)c2)n1C1CC1. The Morgan fingerprint density at radius 3 is 2.71 bits per heavy atom. The van der Waals surface area contributed by atoms with Gasteiger partial charge in [-0.05, 0) is 37.0 Å². The normalized spacial score (nSPS) is 14.6. The van der Waals surface area contributed by atoms with E-state index in [-0.39, 0.29) is 6.61 Å². The first kappa shape index (κ1) is 14.5. The second kappa shape index (κ2) is 6.11. The van der Waals surface area contributed by atoms with Gasteiger partial charge in [0.15, 0.2) is 22.6 Å². The highest BCUT2D eigenvalue weighted by Crippen LogP contribution is 2.38. The molecular weight excluding hydrogens is 296 g/mol. The number of nitrogens with zero attached hydrogens (tertiary/aromatic N) is 3. The second-order valence-electron chi connectivity index (χ2n) is 5.01. The molecule has 1 N–H and O–H groups in total. The molecule has 0 aliphatic heterocycles. The Hall–Kier alpha value is -1.47. The summed E-state index contributed by atoms with van der Waals surface area (Å²) in [6.07, 6.45) is 2.79. The van der Waals surface area contributed by atoms with E-state index in [0.29, 0.717) is 24.0 Å². The molecule has 1 aromatic carbocycles. The van der Waals surface area contributed by atoms with Crippen LogP contribution in [0.5, 0.6) is 0 Å². The van der Waals surface area contributed by atoms with Gasteiger partial charge in [0.05, 0.1) is 0 Å². The standard InChI is InChI=1S/C14H15F2N3OS/c15-11-4-1-9(7-12(11)16)5-6-21-14-18-17-13(8-20)19(14)10-2-3-10/h1,4,7,10,20H,2-3,5-6,8H2. The fourth-order valence-electron chi connectivity index (χ4n) is 2.17. The molecule has 0 amide bonds. The molecule has 4 nitrogen and oxygen atoms in total. The summed E-state index contributed by atoms with van der Waals surface area (Å²) in [7, 11) is 0. The summed E-state index contributed by atoms with van der Waals surface area (Å²) in [6.45, 7) is -0.118. The summed E-state index contributed by atoms with van der Waals surface area (Å²) < 4.78 is 28.0. The van der Waals surface area contributed by atoms with Crippen LogP contribution in [0.4, 0.5) is 8.78 Å². The van der Waals surface area contributed by atoms with Crippen molar-refractivity contribution in [3.63, 3.8) is 0 Å². The van der Waals surface area contributed by atoms with Gasteiger partial charge in [-0.2, -0.15) is 0 Å². The van der Waals surface area contributed by atoms with Gasteiger partial charge in [0, 0.05) is 11.8 Å². The number of thioether (sulfide) groups is 1. The molecule has 1 aliphatic rings. The topological polar surface area (TPSA) is 50.9 Å². The Balaban J connectivity index is 1.62. The van der Waals surface area contributed by atoms with Crippen LogP contribution in [0.15, 0.2) is 23.4 Å². The first-order valence-electron chi connectivity index (χ1n) is 6.80. The summed E-state index contributed by atoms with van der Waals surface area (Å²) >= 11 is 1.52. The third-order valence-electron chi connectivity index (χ3n) is 3.39. The molecule has 1 aromatic heterocycles. The quantitative estimate of drug-likeness (QED) is 0.834. The number of aliphatic hydroxyl groups excluding tert-OH is 1. The Kier molecular flexibility index (Phi) is 4.21. The van der Waals surface area contributed by atoms with Gasteiger partial charge < -0.3 is 9.67 Å². The van der Waals surface area contributed by atoms with Crippen molar-refractivity contribution in [2.24, 2.45) is 0 Å². The van der Waals surface area contributed by atoms with Crippen LogP contribution in [0, 0.1) is 11.6 Å². The van der Waals surface area contributed by atoms with Gasteiger partial charge in [-0.25, -0.2) is 8.78 Å². The van der Waals surface area contributed by atoms with Gasteiger partial charge in [-0.1, -0.05) is 17.8 Å². The molecule has 2 aromatic rings. The van der Waals surface area contributed by atoms with E-state index in [1.165, 1.54) is 17.8 Å². The van der Waals surface area contributed by atoms with E-state index >= 15 is 0 Å². The summed E-state index contributed by atoms with van der Waals surface area (Å²) in [4.78, 5) is 0. The minimum absolute atomic E-state index is 0.118. The van der Waals surface area contributed by atoms with Crippen molar-refractivity contribution >= 4 is 11.8 Å². The van der Waals surface area contributed by atoms with Crippen molar-refractivity contribution < 1.29 is 13.9 Å². The number of aliphatic hydroxyl groups is 1. The molecule has 0 bridgehead atoms. The molecule has 3 rings (SSSR count). The molecule has 1 heterocycles. The zero-order valence-corrected chi connectivity index (χ0v) is 12.1. The first-order valence-corrected chi connectivity index (χ1v) is 7.79. The van der Waals surface area contributed by atoms with E-state index < -0.39 is 11.6 Å². The monoisotopic (exact) mass is 311 g/mol. The summed E-state index contributed by atoms with van der Waals surface area (Å²) in [6, 6.07) is 4.35. The van der Waals surface area contributed by atoms with Crippen molar-refractivity contribution in [3.05, 3.63) is 41.2 Å². The average molecular weight is 311 g/mol. The molecule has 0 atom stereocenters. The van der Waals surface area contributed by atoms with Crippen LogP contribution < -0.4 is 0 Å². The van der Waals surface area contributed by atoms with Gasteiger partial charge in [-0.3, -0.25) is 0 Å². The number of rotatable bonds is 6. The van der Waals surface area contributed by atoms with Crippen LogP contribution in [0.3, 0.4) is 0 Å². The molecule has 21 heavy (non-hydrogen) atoms. The maximum Gasteiger partial charge on any atom is 0.191 e. The molecule has 1 aliphatic carbocycles. The minimum Gasteiger partial charge on any atom is -0.388 e. The van der Waals surface area contributed by atoms with Crippen LogP contribution in [0.2, 0.25) is 0 Å². The Morgan fingerprint density at radius 2 is 2.05 bits per heavy atom. The van der Waals surface area contributed by atoms with Crippen molar-refractivity contribution in [2.45, 2.75) is 37.1 Å². The van der Waals surface area contributed by atoms with E-state index in [9.17, 15) is 13.9 Å². The summed E-state index contributed by atoms with van der Waals surface area (Å²) in [5, 5.41) is 18.1. The molecule has 1 fully saturated rings. The van der Waals surface area contributed by atoms with Gasteiger partial charge in [0.2, 0.25) is 0 Å². The predicted octanol–water partition coefficient (Wildman–Crippen LogP) is 2.72. The molecule has 0 spiro atoms. The third-order valence-corrected chi connectivity index (χ3v) is 4.34. The molecular formula is C14H15F2N3OS. The van der Waals surface area contributed by atoms with Crippen molar-refractivity contribution in [1.82, 2.24) is 14.8 Å². The number of hydrogen-bond donors (Lipinski definition) is 1. The molecule has 0 radical (unpaired) electrons. The first-order chi connectivity index (χ1) is 10.2. The highest BCUT2D eigenvalue weighted by Gasteiger charge is 2.29. The zero-order valence-electron chi connectivity index (χ0n) is 11.3. The highest BCUT2D eigenvalue weighted by molar-refractivity contribution is 7.99. The van der Waals surface area contributed by atoms with Crippen molar-refractivity contribution in [2.75, 3.05) is 5.75 Å². The maximum atomic E-state index is 13.1. The van der Waals surface area contributed by atoms with E-state index in [2.05, 4.69) is 10.2 Å². The average Bonchev–Trinajstić information content (AvgIpc) is 3.23. The lowest BCUT2D eigenvalue weighted by Crippen LogP contribution is -2.03. The number of hydrogen-bond acceptors (Lipinski definition) is 4. The Labute approximate surface area is 125 Å². The number of aryl methyl sites for hydroxylation is 1. The number of benzene rings is 1. The van der Waals surface area contributed by atoms with Crippen molar-refractivity contribution in [3.8, 4) is 0 Å². The molecule has 0 unspecified atom stereocenters. The smallest absolute Gasteiger partial charge is 0.191 e. The van der Waals surface area contributed by atoms with Gasteiger partial charge in [0.1, 0.15) is 6.61 Å². The van der Waals surface area contributed by atoms with Crippen LogP contribution in [-0.2, 0) is 13.0 Å². The fourth-order valence-corrected chi connectivity index (χ4v) is 3.18. The van der Waals surface area contributed by atoms with E-state index in [1.807, 2.05) is 4.57 Å². The largest absolute Gasteiger partial charge is 0.388 e. The predicted molar refractivity (Wildman–Crippen MR) is 75.0 cm³/mol. The van der Waals surface area contributed by atoms with E-state index in [0.717, 1.165) is 29.6 Å². The van der Waals surface area contributed by atoms with E-state index in [4.69, 9.17) is 0 Å². The molecule has 0 saturated heterocycles. The summed E-state index contributed by atoms with van der Waals surface area (Å²) in [5.74, 6) is -0.358. The zero-order chi connectivity index (χ0) is 14.8. The molecule has 112 valence electrons. The second-order valence-corrected chi connectivity index (χ2v) is 6.07. The number of halogens is 2. The lowest BCUT2D eigenvalue weighted by Gasteiger charge is -2.07. The Bertz CT molecular complexity index is 643. The van der Waals surface area contributed by atoms with Gasteiger partial charge in [0.25, 0.3) is 0 Å².